The Balaban J connectivity index is 1.58. The molecule has 2 amide bonds. The van der Waals surface area contributed by atoms with E-state index in [-0.39, 0.29) is 18.0 Å². The smallest absolute Gasteiger partial charge is 0.306 e. The second-order valence-corrected chi connectivity index (χ2v) is 7.30. The van der Waals surface area contributed by atoms with Gasteiger partial charge in [0.25, 0.3) is 5.91 Å². The molecule has 0 atom stereocenters. The van der Waals surface area contributed by atoms with Gasteiger partial charge in [-0.2, -0.15) is 0 Å². The van der Waals surface area contributed by atoms with Crippen molar-refractivity contribution >= 4 is 35.1 Å². The molecule has 0 aliphatic heterocycles. The predicted octanol–water partition coefficient (Wildman–Crippen LogP) is 2.84. The van der Waals surface area contributed by atoms with Gasteiger partial charge in [-0.3, -0.25) is 25.2 Å². The molecule has 9 heteroatoms. The van der Waals surface area contributed by atoms with Gasteiger partial charge in [-0.05, 0) is 54.9 Å². The van der Waals surface area contributed by atoms with E-state index in [1.165, 1.54) is 5.56 Å². The third kappa shape index (κ3) is 10.4. The normalized spacial score (nSPS) is 9.94. The Morgan fingerprint density at radius 3 is 2.39 bits per heavy atom. The van der Waals surface area contributed by atoms with Gasteiger partial charge in [-0.15, -0.1) is 0 Å². The molecule has 0 aliphatic rings. The van der Waals surface area contributed by atoms with Gasteiger partial charge in [0, 0.05) is 12.0 Å². The van der Waals surface area contributed by atoms with Crippen molar-refractivity contribution in [1.29, 1.82) is 0 Å². The maximum absolute atomic E-state index is 12.1. The topological polar surface area (TPSA) is 106 Å². The molecule has 8 nitrogen and oxygen atoms in total. The molecule has 0 saturated carbocycles. The lowest BCUT2D eigenvalue weighted by molar-refractivity contribution is -0.145. The van der Waals surface area contributed by atoms with E-state index in [9.17, 15) is 14.4 Å². The number of aryl methyl sites for hydroxylation is 1. The van der Waals surface area contributed by atoms with E-state index in [1.54, 1.807) is 30.3 Å². The van der Waals surface area contributed by atoms with Crippen LogP contribution in [0.3, 0.4) is 0 Å². The summed E-state index contributed by atoms with van der Waals surface area (Å²) in [6, 6.07) is 16.4. The van der Waals surface area contributed by atoms with Crippen LogP contribution in [-0.2, 0) is 20.7 Å². The summed E-state index contributed by atoms with van der Waals surface area (Å²) < 4.78 is 10.5. The molecule has 174 valence electrons. The van der Waals surface area contributed by atoms with Crippen molar-refractivity contribution in [2.45, 2.75) is 25.7 Å². The van der Waals surface area contributed by atoms with Crippen LogP contribution in [0.2, 0.25) is 0 Å². The average Bonchev–Trinajstić information content (AvgIpc) is 2.83. The fourth-order valence-corrected chi connectivity index (χ4v) is 2.82. The summed E-state index contributed by atoms with van der Waals surface area (Å²) in [6.45, 7) is 4.23. The highest BCUT2D eigenvalue weighted by molar-refractivity contribution is 7.80. The minimum Gasteiger partial charge on any atom is -0.490 e. The summed E-state index contributed by atoms with van der Waals surface area (Å²) in [5.74, 6) is -0.754. The van der Waals surface area contributed by atoms with Crippen molar-refractivity contribution < 1.29 is 23.9 Å². The number of hydrogen-bond donors (Lipinski definition) is 3. The summed E-state index contributed by atoms with van der Waals surface area (Å²) in [5, 5.41) is 2.31. The predicted molar refractivity (Wildman–Crippen MR) is 128 cm³/mol. The van der Waals surface area contributed by atoms with Crippen molar-refractivity contribution in [1.82, 2.24) is 16.2 Å². The Morgan fingerprint density at radius 2 is 1.70 bits per heavy atom. The van der Waals surface area contributed by atoms with Crippen LogP contribution in [0.4, 0.5) is 0 Å². The molecule has 0 spiro atoms. The maximum atomic E-state index is 12.1. The SMILES string of the molecule is C=CCOc1ccc(C(=O)NNC(=S)NC(=O)CCC(=O)OCCCc2ccccc2)cc1. The van der Waals surface area contributed by atoms with Gasteiger partial charge in [0.05, 0.1) is 13.0 Å². The molecular weight excluding hydrogens is 442 g/mol. The Morgan fingerprint density at radius 1 is 0.970 bits per heavy atom. The summed E-state index contributed by atoms with van der Waals surface area (Å²) in [4.78, 5) is 35.8. The van der Waals surface area contributed by atoms with Crippen molar-refractivity contribution in [3.63, 3.8) is 0 Å². The Labute approximate surface area is 198 Å². The average molecular weight is 470 g/mol. The molecule has 2 rings (SSSR count). The molecule has 2 aromatic carbocycles. The van der Waals surface area contributed by atoms with Crippen molar-refractivity contribution in [3.8, 4) is 5.75 Å². The second-order valence-electron chi connectivity index (χ2n) is 6.89. The summed E-state index contributed by atoms with van der Waals surface area (Å²) in [6.07, 6.45) is 3.00. The van der Waals surface area contributed by atoms with Gasteiger partial charge >= 0.3 is 5.97 Å². The van der Waals surface area contributed by atoms with Crippen LogP contribution in [0.5, 0.6) is 5.75 Å². The number of rotatable bonds is 11. The molecule has 0 radical (unpaired) electrons. The van der Waals surface area contributed by atoms with Crippen LogP contribution >= 0.6 is 12.2 Å². The minimum atomic E-state index is -0.466. The fourth-order valence-electron chi connectivity index (χ4n) is 2.66. The van der Waals surface area contributed by atoms with E-state index in [4.69, 9.17) is 21.7 Å². The third-order valence-corrected chi connectivity index (χ3v) is 4.50. The van der Waals surface area contributed by atoms with Gasteiger partial charge in [0.15, 0.2) is 5.11 Å². The van der Waals surface area contributed by atoms with Crippen LogP contribution in [0.15, 0.2) is 67.3 Å². The summed E-state index contributed by atoms with van der Waals surface area (Å²) in [7, 11) is 0. The van der Waals surface area contributed by atoms with Gasteiger partial charge in [0.2, 0.25) is 5.91 Å². The van der Waals surface area contributed by atoms with Crippen molar-refractivity contribution in [2.24, 2.45) is 0 Å². The molecule has 0 heterocycles. The van der Waals surface area contributed by atoms with E-state index >= 15 is 0 Å². The zero-order valence-electron chi connectivity index (χ0n) is 18.2. The third-order valence-electron chi connectivity index (χ3n) is 4.30. The number of ether oxygens (including phenoxy) is 2. The van der Waals surface area contributed by atoms with Crippen LogP contribution in [0.25, 0.3) is 0 Å². The molecule has 0 unspecified atom stereocenters. The van der Waals surface area contributed by atoms with E-state index in [0.29, 0.717) is 30.9 Å². The van der Waals surface area contributed by atoms with E-state index < -0.39 is 17.8 Å². The molecule has 0 fully saturated rings. The van der Waals surface area contributed by atoms with Crippen LogP contribution in [0, 0.1) is 0 Å². The van der Waals surface area contributed by atoms with E-state index in [1.807, 2.05) is 30.3 Å². The Hall–Kier alpha value is -3.72. The van der Waals surface area contributed by atoms with Gasteiger partial charge in [-0.1, -0.05) is 43.0 Å². The summed E-state index contributed by atoms with van der Waals surface area (Å²) >= 11 is 4.98. The number of hydrazine groups is 1. The molecule has 0 aromatic heterocycles. The minimum absolute atomic E-state index is 0.0631. The van der Waals surface area contributed by atoms with E-state index in [0.717, 1.165) is 6.42 Å². The first-order valence-electron chi connectivity index (χ1n) is 10.4. The number of amides is 2. The standard InChI is InChI=1S/C24H27N3O5S/c1-2-16-31-20-12-10-19(11-13-20)23(30)26-27-24(33)25-21(28)14-15-22(29)32-17-6-9-18-7-4-3-5-8-18/h2-5,7-8,10-13H,1,6,9,14-17H2,(H,26,30)(H2,25,27,28,33). The van der Waals surface area contributed by atoms with Crippen LogP contribution in [0.1, 0.15) is 35.2 Å². The number of nitrogens with one attached hydrogen (secondary N) is 3. The zero-order chi connectivity index (χ0) is 23.9. The number of carbonyl (C=O) groups is 3. The Bertz CT molecular complexity index is 948. The van der Waals surface area contributed by atoms with Gasteiger partial charge in [-0.25, -0.2) is 0 Å². The van der Waals surface area contributed by atoms with E-state index in [2.05, 4.69) is 22.7 Å². The number of esters is 1. The monoisotopic (exact) mass is 469 g/mol. The highest BCUT2D eigenvalue weighted by atomic mass is 32.1. The number of thiocarbonyl (C=S) groups is 1. The van der Waals surface area contributed by atoms with Crippen LogP contribution < -0.4 is 20.9 Å². The highest BCUT2D eigenvalue weighted by Gasteiger charge is 2.11. The molecule has 2 aromatic rings. The lowest BCUT2D eigenvalue weighted by Gasteiger charge is -2.11. The number of benzene rings is 2. The van der Waals surface area contributed by atoms with Crippen molar-refractivity contribution in [2.75, 3.05) is 13.2 Å². The van der Waals surface area contributed by atoms with Gasteiger partial charge in [0.1, 0.15) is 12.4 Å². The quantitative estimate of drug-likeness (QED) is 0.153. The molecule has 0 saturated heterocycles. The maximum Gasteiger partial charge on any atom is 0.306 e. The number of carbonyl (C=O) groups excluding carboxylic acids is 3. The second kappa shape index (κ2) is 14.4. The van der Waals surface area contributed by atoms with Crippen LogP contribution in [-0.4, -0.2) is 36.1 Å². The molecule has 0 bridgehead atoms. The largest absolute Gasteiger partial charge is 0.490 e. The lowest BCUT2D eigenvalue weighted by Crippen LogP contribution is -2.48. The Kier molecular flexibility index (Phi) is 11.1. The first-order valence-corrected chi connectivity index (χ1v) is 10.8. The number of hydrogen-bond acceptors (Lipinski definition) is 6. The fraction of sp³-hybridized carbons (Fsp3) is 0.250. The first-order chi connectivity index (χ1) is 16.0. The molecule has 33 heavy (non-hydrogen) atoms. The summed E-state index contributed by atoms with van der Waals surface area (Å²) in [5.41, 5.74) is 6.38. The van der Waals surface area contributed by atoms with Gasteiger partial charge < -0.3 is 14.8 Å². The lowest BCUT2D eigenvalue weighted by atomic mass is 10.1. The molecular formula is C24H27N3O5S. The first kappa shape index (κ1) is 25.5. The molecule has 0 aliphatic carbocycles. The molecule has 3 N–H and O–H groups in total. The van der Waals surface area contributed by atoms with Crippen molar-refractivity contribution in [3.05, 3.63) is 78.4 Å². The zero-order valence-corrected chi connectivity index (χ0v) is 19.0. The highest BCUT2D eigenvalue weighted by Crippen LogP contribution is 2.12.